The summed E-state index contributed by atoms with van der Waals surface area (Å²) in [6, 6.07) is 58.5. The first kappa shape index (κ1) is 91.3. The van der Waals surface area contributed by atoms with Gasteiger partial charge in [-0.05, 0) is 260 Å². The van der Waals surface area contributed by atoms with Crippen molar-refractivity contribution in [1.29, 1.82) is 5.26 Å². The number of amides is 6. The number of rotatable bonds is 7. The number of carbonyl (C=O) groups excluding carboxylic acids is 5. The maximum absolute atomic E-state index is 14.7. The predicted molar refractivity (Wildman–Crippen MR) is 486 cm³/mol. The van der Waals surface area contributed by atoms with Crippen LogP contribution in [0.5, 0.6) is 11.5 Å². The number of para-hydroxylation sites is 2. The fourth-order valence-corrected chi connectivity index (χ4v) is 21.9. The van der Waals surface area contributed by atoms with Gasteiger partial charge in [-0.2, -0.15) is 5.26 Å². The molecule has 0 N–H and O–H groups in total. The first-order valence-electron chi connectivity index (χ1n) is 44.7. The average molecular weight is 1810 g/mol. The number of nitrogens with zero attached hydrogens (tertiary/aromatic N) is 8. The number of aryl methyl sites for hydroxylation is 2. The minimum Gasteiger partial charge on any atom is -0.493 e. The normalized spacial score (nSPS) is 22.5. The predicted octanol–water partition coefficient (Wildman–Crippen LogP) is 20.7. The number of benzene rings is 10. The first-order valence-corrected chi connectivity index (χ1v) is 44.7. The molecule has 133 heavy (non-hydrogen) atoms. The number of ether oxygens (including phenoxy) is 2. The van der Waals surface area contributed by atoms with Crippen LogP contribution >= 0.6 is 0 Å². The average Bonchev–Trinajstić information content (AvgIpc) is 1.65. The van der Waals surface area contributed by atoms with E-state index < -0.39 is 85.9 Å². The second-order valence-corrected chi connectivity index (χ2v) is 35.9. The highest BCUT2D eigenvalue weighted by molar-refractivity contribution is 5.89. The third-order valence-electron chi connectivity index (χ3n) is 28.2. The molecule has 8 aliphatic heterocycles. The van der Waals surface area contributed by atoms with Crippen molar-refractivity contribution >= 4 is 57.5 Å². The van der Waals surface area contributed by atoms with Crippen LogP contribution in [-0.2, 0) is 66.1 Å². The second kappa shape index (κ2) is 36.9. The van der Waals surface area contributed by atoms with E-state index in [1.165, 1.54) is 68.7 Å². The number of carbonyl (C=O) groups is 5. The Morgan fingerprint density at radius 1 is 0.398 bits per heavy atom. The van der Waals surface area contributed by atoms with Gasteiger partial charge in [0.2, 0.25) is 23.6 Å². The van der Waals surface area contributed by atoms with Crippen LogP contribution in [0.1, 0.15) is 145 Å². The summed E-state index contributed by atoms with van der Waals surface area (Å²) in [6.45, 7) is 9.85. The van der Waals surface area contributed by atoms with Crippen molar-refractivity contribution in [2.75, 3.05) is 73.1 Å². The summed E-state index contributed by atoms with van der Waals surface area (Å²) in [5, 5.41) is 9.36. The molecule has 11 aliphatic rings. The van der Waals surface area contributed by atoms with Gasteiger partial charge in [0, 0.05) is 138 Å². The lowest BCUT2D eigenvalue weighted by atomic mass is 9.70. The Labute approximate surface area is 765 Å². The van der Waals surface area contributed by atoms with Gasteiger partial charge < -0.3 is 43.8 Å². The molecule has 10 aromatic rings. The van der Waals surface area contributed by atoms with Gasteiger partial charge in [0.15, 0.2) is 0 Å². The molecule has 8 heterocycles. The maximum atomic E-state index is 14.7. The third-order valence-corrected chi connectivity index (χ3v) is 28.2. The Kier molecular flexibility index (Phi) is 25.3. The molecule has 15 nitrogen and oxygen atoms in total. The molecule has 1 fully saturated rings. The van der Waals surface area contributed by atoms with Crippen molar-refractivity contribution in [3.05, 3.63) is 373 Å². The molecule has 0 bridgehead atoms. The molecule has 682 valence electrons. The second-order valence-electron chi connectivity index (χ2n) is 35.9. The quantitative estimate of drug-likeness (QED) is 0.142. The van der Waals surface area contributed by atoms with E-state index >= 15 is 0 Å². The highest BCUT2D eigenvalue weighted by Crippen LogP contribution is 2.56. The standard InChI is InChI=1S/C26H29F2N3O2.C22H18F2N2O2.C21H19F2NO.C20H17F2NO.C19H15F2NO/c1-29-12-9-20(10-13-29)30(2)25(32)31-17-18(21-15-19(27)7-8-23(21)28)16-26(31)11-14-33-24-6-4-3-5-22(24)26;1-14(27)26-12-15(18-10-17(23)6-7-20(18)24)11-22(26)16(8-9-25)13-28-21-5-3-2-4-19(21)22;1-14(25)24-13-16(18-11-17(22)8-9-20(18)23)12-21(24)10-4-6-15-5-2-3-7-19(15)21;1-13(24)23-12-15(17-10-16(21)6-7-19(17)22)11-20(23)9-8-14-4-2-3-5-18(14)20;1-12(23)22-11-14(16-8-15(20)6-7-18(16)21)10-19(22)9-13-4-2-3-5-17(13)19/h3-8,15-16,20H,9-14,17H2,1-2H3;2-7,10-11,16H,8,12-13H2,1H3;2-3,5,7-9,11-12H,4,6,10,13H2,1H3;2-7,10-11H,8-9,12H2,1H3;2-8,10H,9,11H2,1H3. The number of fused-ring (bicyclic) bond motifs is 10. The summed E-state index contributed by atoms with van der Waals surface area (Å²) < 4.78 is 152. The maximum Gasteiger partial charge on any atom is 0.321 e. The highest BCUT2D eigenvalue weighted by atomic mass is 19.2. The van der Waals surface area contributed by atoms with E-state index in [4.69, 9.17) is 9.47 Å². The summed E-state index contributed by atoms with van der Waals surface area (Å²) >= 11 is 0. The van der Waals surface area contributed by atoms with Crippen LogP contribution in [0.15, 0.2) is 243 Å². The fourth-order valence-electron chi connectivity index (χ4n) is 21.9. The van der Waals surface area contributed by atoms with E-state index in [0.29, 0.717) is 72.7 Å². The lowest BCUT2D eigenvalue weighted by Crippen LogP contribution is -2.55. The molecule has 6 unspecified atom stereocenters. The van der Waals surface area contributed by atoms with Gasteiger partial charge in [-0.15, -0.1) is 0 Å². The molecule has 21 rings (SSSR count). The SMILES string of the molecule is CC(=O)N1CC(c2cc(F)ccc2F)=CC12CCCc1ccccc12.CC(=O)N1CC(c2cc(F)ccc2F)=CC12CCc1ccccc12.CC(=O)N1CC(c2cc(F)ccc2F)=CC12Cc1ccccc12.CC(=O)N1CC(c2cc(F)ccc2F)=CC12c1ccccc1OCC2CC#N.CN1CCC(N(C)C(=O)N2CC(c3cc(F)ccc3F)=CC23CCOc2ccccc23)CC1. The molecule has 0 saturated carbocycles. The number of piperidine rings is 1. The Morgan fingerprint density at radius 3 is 1.20 bits per heavy atom. The Bertz CT molecular complexity index is 6540. The molecule has 10 aromatic carbocycles. The van der Waals surface area contributed by atoms with E-state index in [-0.39, 0.29) is 95.6 Å². The summed E-state index contributed by atoms with van der Waals surface area (Å²) in [7, 11) is 3.95. The molecule has 0 radical (unpaired) electrons. The topological polar surface area (TPSA) is 150 Å². The minimum absolute atomic E-state index is 0.0558. The molecule has 6 atom stereocenters. The zero-order chi connectivity index (χ0) is 93.7. The number of hydrogen-bond donors (Lipinski definition) is 0. The van der Waals surface area contributed by atoms with Crippen LogP contribution in [0.4, 0.5) is 48.7 Å². The van der Waals surface area contributed by atoms with Crippen molar-refractivity contribution < 1.29 is 77.4 Å². The molecule has 25 heteroatoms. The minimum atomic E-state index is -0.940. The van der Waals surface area contributed by atoms with Gasteiger partial charge >= 0.3 is 6.03 Å². The monoisotopic (exact) mass is 1810 g/mol. The van der Waals surface area contributed by atoms with Crippen molar-refractivity contribution in [2.24, 2.45) is 5.92 Å². The Hall–Kier alpha value is -13.6. The van der Waals surface area contributed by atoms with E-state index in [1.54, 1.807) is 19.6 Å². The molecule has 3 aliphatic carbocycles. The number of hydrogen-bond acceptors (Lipinski definition) is 9. The molecular weight excluding hydrogens is 1710 g/mol. The van der Waals surface area contributed by atoms with Crippen molar-refractivity contribution in [3.63, 3.8) is 0 Å². The van der Waals surface area contributed by atoms with Crippen LogP contribution in [0, 0.1) is 75.4 Å². The molecular formula is C108H98F10N8O7. The number of nitriles is 1. The smallest absolute Gasteiger partial charge is 0.321 e. The van der Waals surface area contributed by atoms with Crippen LogP contribution in [-0.4, -0.2) is 143 Å². The van der Waals surface area contributed by atoms with Gasteiger partial charge in [-0.25, -0.2) is 48.7 Å². The summed E-state index contributed by atoms with van der Waals surface area (Å²) in [5.74, 6) is -4.28. The van der Waals surface area contributed by atoms with Gasteiger partial charge in [0.05, 0.1) is 47.0 Å². The fraction of sp³-hybridized carbons (Fsp3) is 0.296. The lowest BCUT2D eigenvalue weighted by Gasteiger charge is -2.46. The van der Waals surface area contributed by atoms with Crippen molar-refractivity contribution in [1.82, 2.24) is 34.3 Å². The van der Waals surface area contributed by atoms with E-state index in [0.717, 1.165) is 158 Å². The largest absolute Gasteiger partial charge is 0.493 e. The van der Waals surface area contributed by atoms with Crippen LogP contribution in [0.2, 0.25) is 0 Å². The van der Waals surface area contributed by atoms with E-state index in [9.17, 15) is 73.1 Å². The Morgan fingerprint density at radius 2 is 0.752 bits per heavy atom. The lowest BCUT2D eigenvalue weighted by molar-refractivity contribution is -0.135. The van der Waals surface area contributed by atoms with Crippen molar-refractivity contribution in [2.45, 2.75) is 126 Å². The summed E-state index contributed by atoms with van der Waals surface area (Å²) in [6.07, 6.45) is 17.2. The molecule has 1 saturated heterocycles. The van der Waals surface area contributed by atoms with Gasteiger partial charge in [-0.3, -0.25) is 19.2 Å². The van der Waals surface area contributed by atoms with Crippen LogP contribution in [0.3, 0.4) is 0 Å². The van der Waals surface area contributed by atoms with Gasteiger partial charge in [0.25, 0.3) is 0 Å². The molecule has 5 spiro atoms. The van der Waals surface area contributed by atoms with E-state index in [1.807, 2.05) is 156 Å². The zero-order valence-electron chi connectivity index (χ0n) is 74.4. The van der Waals surface area contributed by atoms with Crippen LogP contribution < -0.4 is 9.47 Å². The van der Waals surface area contributed by atoms with E-state index in [2.05, 4.69) is 30.1 Å². The zero-order valence-corrected chi connectivity index (χ0v) is 74.4. The van der Waals surface area contributed by atoms with Gasteiger partial charge in [-0.1, -0.05) is 109 Å². The Balaban J connectivity index is 0.000000117. The number of urea groups is 1. The highest BCUT2D eigenvalue weighted by Gasteiger charge is 2.56. The molecule has 6 amide bonds. The first-order chi connectivity index (χ1) is 63.9. The summed E-state index contributed by atoms with van der Waals surface area (Å²) in [4.78, 5) is 76.2. The number of halogens is 10. The van der Waals surface area contributed by atoms with Crippen molar-refractivity contribution in [3.8, 4) is 17.6 Å². The third kappa shape index (κ3) is 16.9. The van der Waals surface area contributed by atoms with Crippen LogP contribution in [0.25, 0.3) is 27.9 Å². The number of likely N-dealkylation sites (tertiary alicyclic amines) is 1. The summed E-state index contributed by atoms with van der Waals surface area (Å²) in [5.41, 5.74) is 9.37. The molecule has 0 aromatic heterocycles. The van der Waals surface area contributed by atoms with Gasteiger partial charge in [0.1, 0.15) is 69.7 Å².